The number of fused-ring (bicyclic) bond motifs is 6. The van der Waals surface area contributed by atoms with Gasteiger partial charge in [-0.2, -0.15) is 0 Å². The third kappa shape index (κ3) is 11.1. The minimum absolute atomic E-state index is 0.207. The van der Waals surface area contributed by atoms with Gasteiger partial charge in [-0.3, -0.25) is 0 Å². The Hall–Kier alpha value is -12.2. The van der Waals surface area contributed by atoms with Gasteiger partial charge in [0.1, 0.15) is 34.6 Å². The van der Waals surface area contributed by atoms with Crippen molar-refractivity contribution in [2.45, 2.75) is 41.4 Å². The molecule has 0 saturated heterocycles. The zero-order chi connectivity index (χ0) is 69.8. The van der Waals surface area contributed by atoms with Gasteiger partial charge in [0.05, 0.1) is 16.5 Å². The summed E-state index contributed by atoms with van der Waals surface area (Å²) in [4.78, 5) is 5.95. The number of nitrogens with zero attached hydrogens (tertiary/aromatic N) is 2. The minimum Gasteiger partial charge on any atom is -0.457 e. The summed E-state index contributed by atoms with van der Waals surface area (Å²) in [5.74, 6) is -0.439. The van der Waals surface area contributed by atoms with E-state index in [9.17, 15) is 0 Å². The Morgan fingerprint density at radius 1 is 0.363 bits per heavy atom. The number of halogens is 3. The number of hydrogen-bond donors (Lipinski definition) is 0. The number of allylic oxidation sites excluding steroid dienone is 1. The standard InChI is InChI=1S/C95H69F3N2OS/c1-7-64-27-49-76(50-28-64)101-77-51-39-70(40-52-77)94(68-35-23-62(5)24-36-68)85-18-11-9-15-81(85)84-58-48-75(60-88(84)94)100(93-90(97)21-14-22-91(93)98)73-45-33-67(34-46-73)66-31-43-72(44-32-66)99(92-80(61(3)4)17-13-20-89(92)96)74-47-57-83-82-16-10-12-19-86(82)95(87(83)59-74,69-37-25-63(6)26-38-69)71-41-55-79(56-42-71)102-78-53-29-65(8-2)30-54-78/h7-60H,1-3H2,4-6H3. The van der Waals surface area contributed by atoms with Gasteiger partial charge in [0, 0.05) is 38.1 Å². The first kappa shape index (κ1) is 64.5. The van der Waals surface area contributed by atoms with Crippen molar-refractivity contribution in [1.29, 1.82) is 0 Å². The van der Waals surface area contributed by atoms with Crippen LogP contribution in [-0.2, 0) is 10.8 Å². The molecule has 492 valence electrons. The fourth-order valence-electron chi connectivity index (χ4n) is 15.4. The average Bonchev–Trinajstić information content (AvgIpc) is 1.53. The Balaban J connectivity index is 0.790. The molecule has 0 heterocycles. The first-order chi connectivity index (χ1) is 49.8. The van der Waals surface area contributed by atoms with Gasteiger partial charge >= 0.3 is 0 Å². The number of hydrogen-bond acceptors (Lipinski definition) is 4. The molecule has 2 unspecified atom stereocenters. The summed E-state index contributed by atoms with van der Waals surface area (Å²) < 4.78 is 57.3. The van der Waals surface area contributed by atoms with Gasteiger partial charge in [-0.1, -0.05) is 255 Å². The van der Waals surface area contributed by atoms with E-state index in [1.165, 1.54) is 24.3 Å². The van der Waals surface area contributed by atoms with Crippen LogP contribution >= 0.6 is 11.8 Å². The molecule has 0 fully saturated rings. The van der Waals surface area contributed by atoms with Crippen molar-refractivity contribution in [3.63, 3.8) is 0 Å². The van der Waals surface area contributed by atoms with Crippen LogP contribution in [0.1, 0.15) is 79.2 Å². The van der Waals surface area contributed by atoms with E-state index in [2.05, 4.69) is 222 Å². The van der Waals surface area contributed by atoms with Crippen LogP contribution in [0.5, 0.6) is 11.5 Å². The average molecular weight is 1340 g/mol. The molecule has 0 radical (unpaired) electrons. The van der Waals surface area contributed by atoms with Crippen LogP contribution in [0.3, 0.4) is 0 Å². The zero-order valence-corrected chi connectivity index (χ0v) is 57.5. The molecule has 0 amide bonds. The third-order valence-corrected chi connectivity index (χ3v) is 21.3. The number of aryl methyl sites for hydroxylation is 2. The van der Waals surface area contributed by atoms with Crippen LogP contribution < -0.4 is 14.5 Å². The van der Waals surface area contributed by atoms with Gasteiger partial charge in [0.25, 0.3) is 0 Å². The Morgan fingerprint density at radius 2 is 0.716 bits per heavy atom. The topological polar surface area (TPSA) is 15.7 Å². The van der Waals surface area contributed by atoms with Crippen molar-refractivity contribution in [1.82, 2.24) is 0 Å². The fraction of sp³-hybridized carbons (Fsp3) is 0.0526. The zero-order valence-electron chi connectivity index (χ0n) is 56.6. The molecule has 0 N–H and O–H groups in total. The van der Waals surface area contributed by atoms with Crippen molar-refractivity contribution < 1.29 is 17.9 Å². The quantitative estimate of drug-likeness (QED) is 0.0850. The number of ether oxygens (including phenoxy) is 1. The van der Waals surface area contributed by atoms with Gasteiger partial charge in [0.2, 0.25) is 0 Å². The van der Waals surface area contributed by atoms with Crippen molar-refractivity contribution in [3.8, 4) is 44.9 Å². The molecule has 0 aliphatic heterocycles. The number of para-hydroxylation sites is 2. The van der Waals surface area contributed by atoms with Crippen LogP contribution in [0.15, 0.2) is 345 Å². The molecule has 2 aliphatic rings. The lowest BCUT2D eigenvalue weighted by molar-refractivity contribution is 0.482. The highest BCUT2D eigenvalue weighted by Gasteiger charge is 2.48. The van der Waals surface area contributed by atoms with Crippen molar-refractivity contribution in [2.24, 2.45) is 0 Å². The monoisotopic (exact) mass is 1340 g/mol. The molecule has 0 spiro atoms. The predicted octanol–water partition coefficient (Wildman–Crippen LogP) is 26.3. The first-order valence-corrected chi connectivity index (χ1v) is 35.0. The molecule has 7 heteroatoms. The SMILES string of the molecule is C=Cc1ccc(Oc2ccc(C3(c4ccc(C)cc4)c4ccccc4-c4ccc(N(c5ccc(-c6ccc(N(c7ccc8c(c7)C(c7ccc(C)cc7)(c7ccc(Sc9ccc(C=C)cc9)cc7)c7ccccc7-8)c7c(F)cccc7C(=C)C)cc6)cc5)c5c(F)cccc5F)cc43)cc2)cc1. The van der Waals surface area contributed by atoms with Gasteiger partial charge in [-0.15, -0.1) is 0 Å². The van der Waals surface area contributed by atoms with Crippen LogP contribution in [-0.4, -0.2) is 0 Å². The second-order valence-corrected chi connectivity index (χ2v) is 27.5. The fourth-order valence-corrected chi connectivity index (χ4v) is 16.2. The van der Waals surface area contributed by atoms with Gasteiger partial charge < -0.3 is 14.5 Å². The Bertz CT molecular complexity index is 5540. The molecule has 14 aromatic carbocycles. The summed E-state index contributed by atoms with van der Waals surface area (Å²) in [5, 5.41) is 0. The third-order valence-electron chi connectivity index (χ3n) is 20.2. The van der Waals surface area contributed by atoms with E-state index in [0.717, 1.165) is 121 Å². The van der Waals surface area contributed by atoms with E-state index >= 15 is 13.2 Å². The van der Waals surface area contributed by atoms with Crippen molar-refractivity contribution in [2.75, 3.05) is 9.80 Å². The Labute approximate surface area is 598 Å². The second kappa shape index (κ2) is 26.5. The first-order valence-electron chi connectivity index (χ1n) is 34.2. The Kier molecular flexibility index (Phi) is 16.8. The highest BCUT2D eigenvalue weighted by molar-refractivity contribution is 7.99. The molecule has 2 atom stereocenters. The molecule has 0 aromatic heterocycles. The lowest BCUT2D eigenvalue weighted by Gasteiger charge is -2.35. The largest absolute Gasteiger partial charge is 0.457 e. The summed E-state index contributed by atoms with van der Waals surface area (Å²) in [6, 6.07) is 106. The van der Waals surface area contributed by atoms with E-state index in [-0.39, 0.29) is 5.69 Å². The summed E-state index contributed by atoms with van der Waals surface area (Å²) in [6.07, 6.45) is 3.66. The summed E-state index contributed by atoms with van der Waals surface area (Å²) in [7, 11) is 0. The van der Waals surface area contributed by atoms with Crippen LogP contribution in [0, 0.1) is 31.3 Å². The Morgan fingerprint density at radius 3 is 1.16 bits per heavy atom. The molecule has 3 nitrogen and oxygen atoms in total. The van der Waals surface area contributed by atoms with Crippen molar-refractivity contribution >= 4 is 63.6 Å². The molecule has 102 heavy (non-hydrogen) atoms. The maximum absolute atomic E-state index is 17.3. The minimum atomic E-state index is -0.867. The molecular weight excluding hydrogens is 1270 g/mol. The molecular formula is C95H69F3N2OS. The van der Waals surface area contributed by atoms with Crippen LogP contribution in [0.25, 0.3) is 51.1 Å². The molecule has 0 bridgehead atoms. The highest BCUT2D eigenvalue weighted by atomic mass is 32.2. The van der Waals surface area contributed by atoms with E-state index in [1.54, 1.807) is 28.8 Å². The summed E-state index contributed by atoms with van der Waals surface area (Å²) in [5.41, 5.74) is 21.4. The predicted molar refractivity (Wildman–Crippen MR) is 417 cm³/mol. The van der Waals surface area contributed by atoms with E-state index in [0.29, 0.717) is 39.7 Å². The smallest absolute Gasteiger partial charge is 0.150 e. The van der Waals surface area contributed by atoms with Crippen LogP contribution in [0.4, 0.5) is 47.3 Å². The van der Waals surface area contributed by atoms with Gasteiger partial charge in [-0.05, 0) is 231 Å². The number of benzene rings is 14. The van der Waals surface area contributed by atoms with E-state index in [4.69, 9.17) is 4.74 Å². The maximum Gasteiger partial charge on any atom is 0.150 e. The highest BCUT2D eigenvalue weighted by Crippen LogP contribution is 2.60. The second-order valence-electron chi connectivity index (χ2n) is 26.3. The van der Waals surface area contributed by atoms with E-state index in [1.807, 2.05) is 115 Å². The number of rotatable bonds is 18. The lowest BCUT2D eigenvalue weighted by Crippen LogP contribution is -2.29. The molecule has 0 saturated carbocycles. The van der Waals surface area contributed by atoms with Gasteiger partial charge in [-0.25, -0.2) is 13.2 Å². The summed E-state index contributed by atoms with van der Waals surface area (Å²) in [6.45, 7) is 18.3. The van der Waals surface area contributed by atoms with Crippen LogP contribution in [0.2, 0.25) is 0 Å². The summed E-state index contributed by atoms with van der Waals surface area (Å²) >= 11 is 1.72. The number of anilines is 6. The molecule has 2 aliphatic carbocycles. The maximum atomic E-state index is 17.3. The normalized spacial score (nSPS) is 14.6. The molecule has 14 aromatic rings. The van der Waals surface area contributed by atoms with Gasteiger partial charge in [0.15, 0.2) is 0 Å². The van der Waals surface area contributed by atoms with E-state index < -0.39 is 28.3 Å². The lowest BCUT2D eigenvalue weighted by atomic mass is 9.67. The molecule has 16 rings (SSSR count). The van der Waals surface area contributed by atoms with Crippen molar-refractivity contribution in [3.05, 3.63) is 425 Å².